The molecular formula is C7H8N3+. The number of anilines is 1. The van der Waals surface area contributed by atoms with E-state index in [1.165, 1.54) is 0 Å². The summed E-state index contributed by atoms with van der Waals surface area (Å²) in [7, 11) is 0.148. The molecule has 0 bridgehead atoms. The highest BCUT2D eigenvalue weighted by molar-refractivity contribution is 5.53. The Morgan fingerprint density at radius 1 is 1.50 bits per heavy atom. The van der Waals surface area contributed by atoms with Crippen molar-refractivity contribution in [3.05, 3.63) is 29.2 Å². The SMILES string of the molecule is [3H]CNc1ccc([N+]#N)cc1. The van der Waals surface area contributed by atoms with Gasteiger partial charge in [-0.3, -0.25) is 0 Å². The van der Waals surface area contributed by atoms with E-state index in [0.717, 1.165) is 5.69 Å². The lowest BCUT2D eigenvalue weighted by atomic mass is 10.3. The molecule has 0 aliphatic heterocycles. The summed E-state index contributed by atoms with van der Waals surface area (Å²) < 4.78 is 6.85. The maximum absolute atomic E-state index is 8.33. The van der Waals surface area contributed by atoms with E-state index in [0.29, 0.717) is 5.69 Å². The molecule has 3 heteroatoms. The van der Waals surface area contributed by atoms with E-state index in [4.69, 9.17) is 6.76 Å². The van der Waals surface area contributed by atoms with Gasteiger partial charge in [-0.05, 0) is 12.1 Å². The van der Waals surface area contributed by atoms with Crippen molar-refractivity contribution in [2.45, 2.75) is 0 Å². The summed E-state index contributed by atoms with van der Waals surface area (Å²) in [6.07, 6.45) is 0. The molecule has 0 amide bonds. The quantitative estimate of drug-likeness (QED) is 0.601. The molecule has 0 saturated heterocycles. The van der Waals surface area contributed by atoms with Crippen LogP contribution in [0.2, 0.25) is 0 Å². The number of benzene rings is 1. The zero-order valence-electron chi connectivity index (χ0n) is 6.41. The topological polar surface area (TPSA) is 40.2 Å². The highest BCUT2D eigenvalue weighted by atomic mass is 14.9. The first-order valence-corrected chi connectivity index (χ1v) is 2.85. The molecule has 0 radical (unpaired) electrons. The largest absolute Gasteiger partial charge is 0.388 e. The second-order valence-corrected chi connectivity index (χ2v) is 1.82. The maximum atomic E-state index is 8.33. The molecule has 1 rings (SSSR count). The summed E-state index contributed by atoms with van der Waals surface area (Å²) in [6.45, 7) is 0. The van der Waals surface area contributed by atoms with Crippen molar-refractivity contribution in [1.29, 1.82) is 5.39 Å². The first-order chi connectivity index (χ1) is 5.36. The van der Waals surface area contributed by atoms with Gasteiger partial charge in [0.15, 0.2) is 4.98 Å². The molecule has 3 nitrogen and oxygen atoms in total. The standard InChI is InChI=1S/C7H8N3/c1-9-6-2-4-7(10-8)5-3-6/h2-5,9H,1H3/q+1/i1T. The Morgan fingerprint density at radius 2 is 2.20 bits per heavy atom. The molecule has 10 heavy (non-hydrogen) atoms. The lowest BCUT2D eigenvalue weighted by molar-refractivity contribution is 1.45. The second kappa shape index (κ2) is 2.83. The first-order valence-electron chi connectivity index (χ1n) is 3.56. The van der Waals surface area contributed by atoms with Crippen LogP contribution in [0.3, 0.4) is 0 Å². The van der Waals surface area contributed by atoms with E-state index in [1.54, 1.807) is 24.3 Å². The van der Waals surface area contributed by atoms with Crippen molar-refractivity contribution in [3.8, 4) is 0 Å². The van der Waals surface area contributed by atoms with Crippen LogP contribution in [-0.2, 0) is 0 Å². The zero-order valence-corrected chi connectivity index (χ0v) is 5.41. The average molecular weight is 136 g/mol. The Balaban J connectivity index is 2.76. The van der Waals surface area contributed by atoms with Crippen LogP contribution < -0.4 is 5.32 Å². The summed E-state index contributed by atoms with van der Waals surface area (Å²) in [5, 5.41) is 11.1. The van der Waals surface area contributed by atoms with E-state index in [-0.39, 0.29) is 7.02 Å². The van der Waals surface area contributed by atoms with Crippen LogP contribution >= 0.6 is 0 Å². The third-order valence-electron chi connectivity index (χ3n) is 1.19. The summed E-state index contributed by atoms with van der Waals surface area (Å²) in [6, 6.07) is 6.84. The van der Waals surface area contributed by atoms with Crippen LogP contribution in [0.4, 0.5) is 11.4 Å². The van der Waals surface area contributed by atoms with Crippen LogP contribution in [0.1, 0.15) is 1.37 Å². The molecule has 0 spiro atoms. The number of hydrogen-bond donors (Lipinski definition) is 1. The van der Waals surface area contributed by atoms with Crippen molar-refractivity contribution < 1.29 is 1.37 Å². The predicted octanol–water partition coefficient (Wildman–Crippen LogP) is 2.21. The van der Waals surface area contributed by atoms with Gasteiger partial charge in [-0.25, -0.2) is 0 Å². The van der Waals surface area contributed by atoms with E-state index in [9.17, 15) is 0 Å². The maximum Gasteiger partial charge on any atom is 0.385 e. The lowest BCUT2D eigenvalue weighted by Crippen LogP contribution is -1.84. The van der Waals surface area contributed by atoms with Gasteiger partial charge in [0.25, 0.3) is 0 Å². The third-order valence-corrected chi connectivity index (χ3v) is 1.19. The number of nitrogens with zero attached hydrogens (tertiary/aromatic N) is 2. The van der Waals surface area contributed by atoms with E-state index in [1.807, 2.05) is 0 Å². The van der Waals surface area contributed by atoms with E-state index < -0.39 is 0 Å². The Hall–Kier alpha value is -1.56. The third kappa shape index (κ3) is 1.23. The molecule has 0 aliphatic rings. The first kappa shape index (κ1) is 5.24. The van der Waals surface area contributed by atoms with Crippen molar-refractivity contribution in [2.75, 3.05) is 12.3 Å². The fourth-order valence-corrected chi connectivity index (χ4v) is 0.646. The molecule has 0 atom stereocenters. The van der Waals surface area contributed by atoms with Gasteiger partial charge in [0.05, 0.1) is 0 Å². The Bertz CT molecular complexity index is 262. The average Bonchev–Trinajstić information content (AvgIpc) is 2.07. The van der Waals surface area contributed by atoms with Crippen LogP contribution in [0.5, 0.6) is 0 Å². The highest BCUT2D eigenvalue weighted by Crippen LogP contribution is 2.14. The van der Waals surface area contributed by atoms with Crippen molar-refractivity contribution in [3.63, 3.8) is 0 Å². The summed E-state index contributed by atoms with van der Waals surface area (Å²) in [4.78, 5) is 3.00. The summed E-state index contributed by atoms with van der Waals surface area (Å²) in [5.41, 5.74) is 1.37. The van der Waals surface area contributed by atoms with Crippen molar-refractivity contribution in [2.24, 2.45) is 0 Å². The number of nitrogens with one attached hydrogen (secondary N) is 1. The molecule has 1 N–H and O–H groups in total. The van der Waals surface area contributed by atoms with Gasteiger partial charge in [0.1, 0.15) is 0 Å². The van der Waals surface area contributed by atoms with Gasteiger partial charge in [-0.1, -0.05) is 0 Å². The highest BCUT2D eigenvalue weighted by Gasteiger charge is 2.00. The predicted molar refractivity (Wildman–Crippen MR) is 40.7 cm³/mol. The minimum Gasteiger partial charge on any atom is -0.388 e. The van der Waals surface area contributed by atoms with Crippen molar-refractivity contribution >= 4 is 11.4 Å². The van der Waals surface area contributed by atoms with Gasteiger partial charge < -0.3 is 5.32 Å². The molecular weight excluding hydrogens is 126 g/mol. The number of hydrogen-bond acceptors (Lipinski definition) is 2. The minimum atomic E-state index is 0.148. The van der Waals surface area contributed by atoms with E-state index in [2.05, 4.69) is 10.3 Å². The fourth-order valence-electron chi connectivity index (χ4n) is 0.646. The van der Waals surface area contributed by atoms with Gasteiger partial charge in [-0.2, -0.15) is 0 Å². The molecule has 1 aromatic carbocycles. The number of rotatable bonds is 1. The normalized spacial score (nSPS) is 9.70. The molecule has 0 aliphatic carbocycles. The molecule has 1 aromatic rings. The Labute approximate surface area is 60.7 Å². The molecule has 0 saturated carbocycles. The Morgan fingerprint density at radius 3 is 2.70 bits per heavy atom. The van der Waals surface area contributed by atoms with Crippen LogP contribution in [0.25, 0.3) is 4.98 Å². The monoisotopic (exact) mass is 136 g/mol. The summed E-state index contributed by atoms with van der Waals surface area (Å²) >= 11 is 0. The molecule has 0 unspecified atom stereocenters. The zero-order chi connectivity index (χ0) is 8.10. The summed E-state index contributed by atoms with van der Waals surface area (Å²) in [5.74, 6) is 0. The van der Waals surface area contributed by atoms with Gasteiger partial charge >= 0.3 is 5.69 Å². The van der Waals surface area contributed by atoms with Crippen LogP contribution in [0.15, 0.2) is 24.3 Å². The van der Waals surface area contributed by atoms with Gasteiger partial charge in [0, 0.05) is 26.2 Å². The number of diazo groups is 1. The molecule has 0 fully saturated rings. The van der Waals surface area contributed by atoms with Crippen LogP contribution in [-0.4, -0.2) is 7.02 Å². The molecule has 0 aromatic heterocycles. The smallest absolute Gasteiger partial charge is 0.385 e. The second-order valence-electron chi connectivity index (χ2n) is 1.82. The van der Waals surface area contributed by atoms with Crippen molar-refractivity contribution in [1.82, 2.24) is 0 Å². The molecule has 0 heterocycles. The van der Waals surface area contributed by atoms with Gasteiger partial charge in [0.2, 0.25) is 5.39 Å². The van der Waals surface area contributed by atoms with Gasteiger partial charge in [-0.15, -0.1) is 0 Å². The minimum absolute atomic E-state index is 0.148. The lowest BCUT2D eigenvalue weighted by Gasteiger charge is -1.93. The van der Waals surface area contributed by atoms with Crippen LogP contribution in [0, 0.1) is 5.39 Å². The molecule has 50 valence electrons. The van der Waals surface area contributed by atoms with E-state index >= 15 is 0 Å². The Kier molecular flexibility index (Phi) is 1.48. The fraction of sp³-hybridized carbons (Fsp3) is 0.143.